The summed E-state index contributed by atoms with van der Waals surface area (Å²) in [6.07, 6.45) is -3.87. The lowest BCUT2D eigenvalue weighted by Gasteiger charge is -2.10. The van der Waals surface area contributed by atoms with Crippen molar-refractivity contribution < 1.29 is 23.9 Å². The number of alkyl halides is 1. The van der Waals surface area contributed by atoms with Crippen LogP contribution in [0, 0.1) is 0 Å². The minimum atomic E-state index is -1.72. The fourth-order valence-electron chi connectivity index (χ4n) is 2.23. The van der Waals surface area contributed by atoms with Crippen molar-refractivity contribution in [2.75, 3.05) is 12.3 Å². The van der Waals surface area contributed by atoms with Crippen LogP contribution in [0.4, 0.5) is 10.2 Å². The number of fused-ring (bicyclic) bond motifs is 1. The Bertz CT molecular complexity index is 653. The van der Waals surface area contributed by atoms with E-state index in [0.29, 0.717) is 5.52 Å². The molecule has 3 heterocycles. The number of hydrogen-bond acceptors (Lipinski definition) is 6. The minimum Gasteiger partial charge on any atom is -0.394 e. The van der Waals surface area contributed by atoms with Gasteiger partial charge < -0.3 is 20.7 Å². The van der Waals surface area contributed by atoms with Crippen LogP contribution in [0.15, 0.2) is 6.33 Å². The first-order valence-corrected chi connectivity index (χ1v) is 6.20. The third kappa shape index (κ3) is 1.90. The molecule has 108 valence electrons. The number of aliphatic hydroxyl groups excluding tert-OH is 2. The van der Waals surface area contributed by atoms with Gasteiger partial charge in [-0.05, 0) is 11.6 Å². The average Bonchev–Trinajstić information content (AvgIpc) is 2.93. The molecule has 0 saturated carbocycles. The van der Waals surface area contributed by atoms with Crippen molar-refractivity contribution in [3.8, 4) is 0 Å². The van der Waals surface area contributed by atoms with Crippen molar-refractivity contribution in [1.82, 2.24) is 15.0 Å². The van der Waals surface area contributed by atoms with Crippen LogP contribution in [-0.4, -0.2) is 50.2 Å². The molecule has 20 heavy (non-hydrogen) atoms. The molecular formula is C10H12ClFN5O3+. The van der Waals surface area contributed by atoms with E-state index >= 15 is 0 Å². The van der Waals surface area contributed by atoms with Crippen LogP contribution < -0.4 is 10.3 Å². The van der Waals surface area contributed by atoms with Crippen molar-refractivity contribution >= 4 is 28.6 Å². The van der Waals surface area contributed by atoms with Crippen LogP contribution >= 0.6 is 11.6 Å². The van der Waals surface area contributed by atoms with E-state index in [4.69, 9.17) is 27.2 Å². The molecule has 0 radical (unpaired) electrons. The second-order valence-corrected chi connectivity index (χ2v) is 4.78. The van der Waals surface area contributed by atoms with Gasteiger partial charge in [-0.3, -0.25) is 4.98 Å². The topological polar surface area (TPSA) is 121 Å². The smallest absolute Gasteiger partial charge is 0.311 e. The average molecular weight is 305 g/mol. The molecule has 1 aliphatic rings. The summed E-state index contributed by atoms with van der Waals surface area (Å²) in [6.45, 7) is -0.487. The molecule has 1 saturated heterocycles. The van der Waals surface area contributed by atoms with Gasteiger partial charge in [-0.15, -0.1) is 0 Å². The van der Waals surface area contributed by atoms with Gasteiger partial charge in [0.1, 0.15) is 12.2 Å². The van der Waals surface area contributed by atoms with E-state index < -0.39 is 31.2 Å². The van der Waals surface area contributed by atoms with Gasteiger partial charge in [0.25, 0.3) is 0 Å². The monoisotopic (exact) mass is 304 g/mol. The number of ether oxygens (including phenoxy) is 1. The quantitative estimate of drug-likeness (QED) is 0.420. The first-order valence-electron chi connectivity index (χ1n) is 5.82. The molecular weight excluding hydrogens is 293 g/mol. The van der Waals surface area contributed by atoms with Crippen LogP contribution in [0.5, 0.6) is 0 Å². The SMILES string of the molecule is Nc1nc(Cl)nc2c1[nH]c[n+]2[C@@H]1O[C@H](CO)C(O)[C@@H]1F. The third-order valence-corrected chi connectivity index (χ3v) is 3.40. The second kappa shape index (κ2) is 4.77. The van der Waals surface area contributed by atoms with Gasteiger partial charge in [0.05, 0.1) is 6.61 Å². The molecule has 2 aromatic rings. The Balaban J connectivity index is 2.07. The van der Waals surface area contributed by atoms with Crippen LogP contribution in [0.3, 0.4) is 0 Å². The second-order valence-electron chi connectivity index (χ2n) is 4.44. The number of halogens is 2. The zero-order valence-corrected chi connectivity index (χ0v) is 10.8. The van der Waals surface area contributed by atoms with Gasteiger partial charge >= 0.3 is 10.9 Å². The number of aromatic amines is 1. The Labute approximate surface area is 117 Å². The molecule has 2 aromatic heterocycles. The van der Waals surface area contributed by atoms with Gasteiger partial charge in [0.2, 0.25) is 11.7 Å². The molecule has 0 aromatic carbocycles. The lowest BCUT2D eigenvalue weighted by atomic mass is 10.1. The Morgan fingerprint density at radius 1 is 1.55 bits per heavy atom. The molecule has 5 N–H and O–H groups in total. The van der Waals surface area contributed by atoms with E-state index in [1.165, 1.54) is 10.9 Å². The van der Waals surface area contributed by atoms with E-state index in [0.717, 1.165) is 0 Å². The predicted octanol–water partition coefficient (Wildman–Crippen LogP) is -0.930. The molecule has 0 amide bonds. The van der Waals surface area contributed by atoms with Gasteiger partial charge in [-0.25, -0.2) is 8.96 Å². The van der Waals surface area contributed by atoms with Crippen LogP contribution in [-0.2, 0) is 4.74 Å². The van der Waals surface area contributed by atoms with E-state index in [-0.39, 0.29) is 16.7 Å². The zero-order chi connectivity index (χ0) is 14.4. The molecule has 0 spiro atoms. The highest BCUT2D eigenvalue weighted by Crippen LogP contribution is 2.29. The molecule has 3 rings (SSSR count). The van der Waals surface area contributed by atoms with Crippen molar-refractivity contribution in [2.45, 2.75) is 24.6 Å². The number of nitrogens with two attached hydrogens (primary N) is 1. The number of imidazole rings is 1. The fraction of sp³-hybridized carbons (Fsp3) is 0.500. The van der Waals surface area contributed by atoms with Crippen molar-refractivity contribution in [3.05, 3.63) is 11.6 Å². The predicted molar refractivity (Wildman–Crippen MR) is 65.4 cm³/mol. The molecule has 10 heteroatoms. The summed E-state index contributed by atoms with van der Waals surface area (Å²) in [6, 6.07) is 0. The van der Waals surface area contributed by atoms with Crippen molar-refractivity contribution in [2.24, 2.45) is 0 Å². The number of H-pyrrole nitrogens is 1. The number of aromatic nitrogens is 4. The summed E-state index contributed by atoms with van der Waals surface area (Å²) >= 11 is 5.73. The molecule has 0 bridgehead atoms. The summed E-state index contributed by atoms with van der Waals surface area (Å²) < 4.78 is 20.7. The van der Waals surface area contributed by atoms with Crippen LogP contribution in [0.2, 0.25) is 5.28 Å². The molecule has 1 unspecified atom stereocenters. The lowest BCUT2D eigenvalue weighted by Crippen LogP contribution is -2.44. The van der Waals surface area contributed by atoms with Crippen LogP contribution in [0.25, 0.3) is 11.2 Å². The zero-order valence-electron chi connectivity index (χ0n) is 10.1. The molecule has 0 aliphatic carbocycles. The first-order chi connectivity index (χ1) is 9.52. The number of hydrogen-bond donors (Lipinski definition) is 4. The number of aliphatic hydroxyl groups is 2. The van der Waals surface area contributed by atoms with Gasteiger partial charge in [-0.2, -0.15) is 4.98 Å². The van der Waals surface area contributed by atoms with Crippen molar-refractivity contribution in [1.29, 1.82) is 0 Å². The van der Waals surface area contributed by atoms with E-state index in [2.05, 4.69) is 15.0 Å². The van der Waals surface area contributed by atoms with Crippen molar-refractivity contribution in [3.63, 3.8) is 0 Å². The number of nitrogen functional groups attached to an aromatic ring is 1. The summed E-state index contributed by atoms with van der Waals surface area (Å²) in [5, 5.41) is 18.6. The Morgan fingerprint density at radius 2 is 2.30 bits per heavy atom. The highest BCUT2D eigenvalue weighted by molar-refractivity contribution is 6.28. The number of nitrogens with one attached hydrogen (secondary N) is 1. The highest BCUT2D eigenvalue weighted by atomic mass is 35.5. The number of rotatable bonds is 2. The third-order valence-electron chi connectivity index (χ3n) is 3.23. The Hall–Kier alpha value is -1.55. The number of nitrogens with zero attached hydrogens (tertiary/aromatic N) is 3. The highest BCUT2D eigenvalue weighted by Gasteiger charge is 2.47. The van der Waals surface area contributed by atoms with E-state index in [1.54, 1.807) is 0 Å². The number of anilines is 1. The van der Waals surface area contributed by atoms with Gasteiger partial charge in [-0.1, -0.05) is 4.98 Å². The lowest BCUT2D eigenvalue weighted by molar-refractivity contribution is -0.743. The molecule has 4 atom stereocenters. The van der Waals surface area contributed by atoms with Crippen LogP contribution in [0.1, 0.15) is 6.23 Å². The minimum absolute atomic E-state index is 0.0870. The van der Waals surface area contributed by atoms with Gasteiger partial charge in [0, 0.05) is 0 Å². The van der Waals surface area contributed by atoms with E-state index in [9.17, 15) is 9.50 Å². The normalized spacial score (nSPS) is 30.2. The molecule has 1 aliphatic heterocycles. The fourth-order valence-corrected chi connectivity index (χ4v) is 2.40. The molecule has 1 fully saturated rings. The largest absolute Gasteiger partial charge is 0.394 e. The standard InChI is InChI=1S/C10H11ClFN5O3/c11-10-15-7(13)5-8(16-10)17(2-14-5)9-4(12)6(19)3(1-18)20-9/h2-4,6,9,18-19H,1H2,(H2,13,15,16)/p+1/t3-,4+,6?,9-/m1/s1. The summed E-state index contributed by atoms with van der Waals surface area (Å²) in [5.74, 6) is 0.117. The Morgan fingerprint density at radius 3 is 2.95 bits per heavy atom. The maximum Gasteiger partial charge on any atom is 0.311 e. The Kier molecular flexibility index (Phi) is 3.21. The van der Waals surface area contributed by atoms with Gasteiger partial charge in [0.15, 0.2) is 18.3 Å². The van der Waals surface area contributed by atoms with E-state index in [1.807, 2.05) is 0 Å². The summed E-state index contributed by atoms with van der Waals surface area (Å²) in [4.78, 5) is 10.5. The maximum absolute atomic E-state index is 14.1. The molecule has 8 nitrogen and oxygen atoms in total. The summed E-state index contributed by atoms with van der Waals surface area (Å²) in [7, 11) is 0. The first kappa shape index (κ1) is 13.4. The maximum atomic E-state index is 14.1. The summed E-state index contributed by atoms with van der Waals surface area (Å²) in [5.41, 5.74) is 6.31.